The van der Waals surface area contributed by atoms with Gasteiger partial charge < -0.3 is 9.64 Å². The van der Waals surface area contributed by atoms with Crippen LogP contribution in [0.15, 0.2) is 18.2 Å². The number of carbonyl (C=O) groups excluding carboxylic acids is 3. The summed E-state index contributed by atoms with van der Waals surface area (Å²) < 4.78 is 18.7. The molecule has 1 aromatic carbocycles. The van der Waals surface area contributed by atoms with Crippen molar-refractivity contribution in [1.82, 2.24) is 0 Å². The second-order valence-corrected chi connectivity index (χ2v) is 4.53. The number of ether oxygens (including phenoxy) is 1. The molecule has 20 heavy (non-hydrogen) atoms. The molecule has 2 rings (SSSR count). The van der Waals surface area contributed by atoms with E-state index < -0.39 is 29.4 Å². The van der Waals surface area contributed by atoms with E-state index in [1.54, 1.807) is 13.8 Å². The van der Waals surface area contributed by atoms with Crippen LogP contribution in [-0.4, -0.2) is 30.8 Å². The third kappa shape index (κ3) is 2.29. The molecular weight excluding hydrogens is 265 g/mol. The van der Waals surface area contributed by atoms with Crippen LogP contribution in [0.2, 0.25) is 0 Å². The first-order valence-corrected chi connectivity index (χ1v) is 6.28. The first-order valence-electron chi connectivity index (χ1n) is 6.28. The van der Waals surface area contributed by atoms with Gasteiger partial charge in [-0.25, -0.2) is 4.39 Å². The van der Waals surface area contributed by atoms with Crippen molar-refractivity contribution >= 4 is 23.3 Å². The predicted octanol–water partition coefficient (Wildman–Crippen LogP) is 1.55. The largest absolute Gasteiger partial charge is 0.466 e. The summed E-state index contributed by atoms with van der Waals surface area (Å²) in [7, 11) is 0. The van der Waals surface area contributed by atoms with Crippen molar-refractivity contribution in [3.05, 3.63) is 29.6 Å². The van der Waals surface area contributed by atoms with Gasteiger partial charge in [0, 0.05) is 6.54 Å². The number of halogens is 1. The molecule has 0 aliphatic carbocycles. The Labute approximate surface area is 115 Å². The summed E-state index contributed by atoms with van der Waals surface area (Å²) in [5, 5.41) is 0. The van der Waals surface area contributed by atoms with E-state index in [4.69, 9.17) is 4.74 Å². The maximum Gasteiger partial charge on any atom is 0.310 e. The normalized spacial score (nSPS) is 15.2. The molecule has 1 aliphatic heterocycles. The molecule has 1 heterocycles. The van der Waals surface area contributed by atoms with Crippen molar-refractivity contribution < 1.29 is 23.5 Å². The van der Waals surface area contributed by atoms with Crippen molar-refractivity contribution in [2.24, 2.45) is 5.92 Å². The standard InChI is InChI=1S/C14H14FNO4/c1-3-20-14(19)8(2)7-16-11-9(12(17)13(16)18)5-4-6-10(11)15/h4-6,8H,3,7H2,1-2H3. The molecule has 1 aromatic rings. The molecule has 6 heteroatoms. The van der Waals surface area contributed by atoms with Crippen molar-refractivity contribution in [3.8, 4) is 0 Å². The molecule has 0 spiro atoms. The van der Waals surface area contributed by atoms with Gasteiger partial charge in [0.15, 0.2) is 0 Å². The Balaban J connectivity index is 2.28. The number of hydrogen-bond acceptors (Lipinski definition) is 4. The van der Waals surface area contributed by atoms with Crippen LogP contribution in [0, 0.1) is 11.7 Å². The van der Waals surface area contributed by atoms with Crippen molar-refractivity contribution in [2.75, 3.05) is 18.1 Å². The van der Waals surface area contributed by atoms with Gasteiger partial charge in [-0.05, 0) is 19.1 Å². The Hall–Kier alpha value is -2.24. The summed E-state index contributed by atoms with van der Waals surface area (Å²) in [5.74, 6) is -3.36. The number of benzene rings is 1. The SMILES string of the molecule is CCOC(=O)C(C)CN1C(=O)C(=O)c2cccc(F)c21. The second kappa shape index (κ2) is 5.40. The zero-order valence-corrected chi connectivity index (χ0v) is 11.2. The molecule has 0 bridgehead atoms. The lowest BCUT2D eigenvalue weighted by Gasteiger charge is -2.20. The lowest BCUT2D eigenvalue weighted by atomic mass is 10.1. The van der Waals surface area contributed by atoms with E-state index in [0.717, 1.165) is 4.90 Å². The van der Waals surface area contributed by atoms with Gasteiger partial charge in [-0.1, -0.05) is 13.0 Å². The van der Waals surface area contributed by atoms with Crippen molar-refractivity contribution in [3.63, 3.8) is 0 Å². The summed E-state index contributed by atoms with van der Waals surface area (Å²) in [6, 6.07) is 3.94. The maximum atomic E-state index is 13.8. The minimum absolute atomic E-state index is 0.0334. The molecule has 1 atom stereocenters. The fraction of sp³-hybridized carbons (Fsp3) is 0.357. The molecule has 1 amide bonds. The molecule has 0 aromatic heterocycles. The first kappa shape index (κ1) is 14.2. The fourth-order valence-corrected chi connectivity index (χ4v) is 2.12. The number of carbonyl (C=O) groups is 3. The maximum absolute atomic E-state index is 13.8. The van der Waals surface area contributed by atoms with Gasteiger partial charge in [0.2, 0.25) is 0 Å². The molecular formula is C14H14FNO4. The molecule has 1 aliphatic rings. The number of para-hydroxylation sites is 1. The fourth-order valence-electron chi connectivity index (χ4n) is 2.12. The van der Waals surface area contributed by atoms with Gasteiger partial charge >= 0.3 is 5.97 Å². The minimum Gasteiger partial charge on any atom is -0.466 e. The molecule has 0 saturated carbocycles. The lowest BCUT2D eigenvalue weighted by molar-refractivity contribution is -0.147. The summed E-state index contributed by atoms with van der Waals surface area (Å²) >= 11 is 0. The van der Waals surface area contributed by atoms with Crippen LogP contribution < -0.4 is 4.90 Å². The molecule has 0 fully saturated rings. The van der Waals surface area contributed by atoms with Crippen LogP contribution in [0.4, 0.5) is 10.1 Å². The number of rotatable bonds is 4. The average molecular weight is 279 g/mol. The Bertz CT molecular complexity index is 585. The van der Waals surface area contributed by atoms with Crippen LogP contribution in [0.3, 0.4) is 0 Å². The highest BCUT2D eigenvalue weighted by Crippen LogP contribution is 2.32. The van der Waals surface area contributed by atoms with Crippen LogP contribution in [0.5, 0.6) is 0 Å². The summed E-state index contributed by atoms with van der Waals surface area (Å²) in [4.78, 5) is 36.2. The third-order valence-corrected chi connectivity index (χ3v) is 3.09. The zero-order valence-electron chi connectivity index (χ0n) is 11.2. The zero-order chi connectivity index (χ0) is 14.9. The second-order valence-electron chi connectivity index (χ2n) is 4.53. The number of amides is 1. The lowest BCUT2D eigenvalue weighted by Crippen LogP contribution is -2.36. The van der Waals surface area contributed by atoms with E-state index in [9.17, 15) is 18.8 Å². The van der Waals surface area contributed by atoms with Crippen LogP contribution in [0.1, 0.15) is 24.2 Å². The molecule has 0 radical (unpaired) electrons. The summed E-state index contributed by atoms with van der Waals surface area (Å²) in [6.45, 7) is 3.37. The molecule has 0 N–H and O–H groups in total. The van der Waals surface area contributed by atoms with Gasteiger partial charge in [-0.2, -0.15) is 0 Å². The van der Waals surface area contributed by atoms with Crippen LogP contribution >= 0.6 is 0 Å². The van der Waals surface area contributed by atoms with Crippen molar-refractivity contribution in [1.29, 1.82) is 0 Å². The molecule has 1 unspecified atom stereocenters. The Morgan fingerprint density at radius 3 is 2.75 bits per heavy atom. The van der Waals surface area contributed by atoms with Gasteiger partial charge in [0.05, 0.1) is 23.8 Å². The predicted molar refractivity (Wildman–Crippen MR) is 68.9 cm³/mol. The number of fused-ring (bicyclic) bond motifs is 1. The number of nitrogens with zero attached hydrogens (tertiary/aromatic N) is 1. The highest BCUT2D eigenvalue weighted by Gasteiger charge is 2.39. The van der Waals surface area contributed by atoms with E-state index >= 15 is 0 Å². The average Bonchev–Trinajstić information content (AvgIpc) is 2.65. The van der Waals surface area contributed by atoms with E-state index in [-0.39, 0.29) is 24.4 Å². The number of anilines is 1. The summed E-state index contributed by atoms with van der Waals surface area (Å²) in [5.41, 5.74) is -0.0234. The monoisotopic (exact) mass is 279 g/mol. The Morgan fingerprint density at radius 1 is 1.40 bits per heavy atom. The highest BCUT2D eigenvalue weighted by atomic mass is 19.1. The summed E-state index contributed by atoms with van der Waals surface area (Å²) in [6.07, 6.45) is 0. The van der Waals surface area contributed by atoms with E-state index in [1.165, 1.54) is 18.2 Å². The highest BCUT2D eigenvalue weighted by molar-refractivity contribution is 6.52. The van der Waals surface area contributed by atoms with E-state index in [0.29, 0.717) is 0 Å². The molecule has 0 saturated heterocycles. The third-order valence-electron chi connectivity index (χ3n) is 3.09. The van der Waals surface area contributed by atoms with Crippen LogP contribution in [-0.2, 0) is 14.3 Å². The van der Waals surface area contributed by atoms with Crippen molar-refractivity contribution in [2.45, 2.75) is 13.8 Å². The topological polar surface area (TPSA) is 63.7 Å². The van der Waals surface area contributed by atoms with Gasteiger partial charge in [0.25, 0.3) is 11.7 Å². The molecule has 106 valence electrons. The van der Waals surface area contributed by atoms with E-state index in [1.807, 2.05) is 0 Å². The Morgan fingerprint density at radius 2 is 2.10 bits per heavy atom. The number of Topliss-reactive ketones (excluding diaryl/α,β-unsaturated/α-hetero) is 1. The van der Waals surface area contributed by atoms with Gasteiger partial charge in [-0.15, -0.1) is 0 Å². The first-order chi connectivity index (χ1) is 9.47. The van der Waals surface area contributed by atoms with E-state index in [2.05, 4.69) is 0 Å². The smallest absolute Gasteiger partial charge is 0.310 e. The van der Waals surface area contributed by atoms with Gasteiger partial charge in [0.1, 0.15) is 5.82 Å². The quantitative estimate of drug-likeness (QED) is 0.619. The van der Waals surface area contributed by atoms with Crippen LogP contribution in [0.25, 0.3) is 0 Å². The number of ketones is 1. The number of hydrogen-bond donors (Lipinski definition) is 0. The minimum atomic E-state index is -0.818. The van der Waals surface area contributed by atoms with Gasteiger partial charge in [-0.3, -0.25) is 14.4 Å². The number of esters is 1. The molecule has 5 nitrogen and oxygen atoms in total. The Kier molecular flexibility index (Phi) is 3.83.